The molecule has 5 nitrogen and oxygen atoms in total. The first-order chi connectivity index (χ1) is 15.5. The van der Waals surface area contributed by atoms with E-state index >= 15 is 0 Å². The molecule has 1 aromatic heterocycles. The number of aliphatic carboxylic acids is 1. The summed E-state index contributed by atoms with van der Waals surface area (Å²) < 4.78 is 0.169. The number of thioether (sulfide) groups is 1. The highest BCUT2D eigenvalue weighted by atomic mass is 32.2. The van der Waals surface area contributed by atoms with E-state index < -0.39 is 16.8 Å². The van der Waals surface area contributed by atoms with Crippen LogP contribution in [0.5, 0.6) is 5.75 Å². The van der Waals surface area contributed by atoms with E-state index in [4.69, 9.17) is 0 Å². The second-order valence-corrected chi connectivity index (χ2v) is 10.3. The maximum atomic E-state index is 12.4. The lowest BCUT2D eigenvalue weighted by Crippen LogP contribution is -2.44. The van der Waals surface area contributed by atoms with Crippen molar-refractivity contribution in [2.24, 2.45) is 4.99 Å². The number of hydrogen-bond acceptors (Lipinski definition) is 6. The van der Waals surface area contributed by atoms with Crippen molar-refractivity contribution in [2.45, 2.75) is 23.6 Å². The average Bonchev–Trinajstić information content (AvgIpc) is 3.36. The SMILES string of the molecule is O=C(O)C1N=C(c2nc3ccc(O)cc3s2)SC1(Cc1ccccc1)Cc1ccccc1. The van der Waals surface area contributed by atoms with E-state index in [2.05, 4.69) is 9.98 Å². The average molecular weight is 461 g/mol. The lowest BCUT2D eigenvalue weighted by Gasteiger charge is -2.32. The molecule has 32 heavy (non-hydrogen) atoms. The fourth-order valence-corrected chi connectivity index (χ4v) is 6.66. The molecule has 3 aromatic carbocycles. The highest BCUT2D eigenvalue weighted by Gasteiger charge is 2.50. The minimum absolute atomic E-state index is 0.180. The molecule has 1 atom stereocenters. The quantitative estimate of drug-likeness (QED) is 0.415. The summed E-state index contributed by atoms with van der Waals surface area (Å²) in [4.78, 5) is 21.8. The first-order valence-corrected chi connectivity index (χ1v) is 11.8. The molecule has 0 fully saturated rings. The maximum absolute atomic E-state index is 12.4. The number of hydrogen-bond donors (Lipinski definition) is 2. The van der Waals surface area contributed by atoms with Crippen LogP contribution in [0.15, 0.2) is 83.9 Å². The first kappa shape index (κ1) is 20.7. The molecule has 0 spiro atoms. The minimum Gasteiger partial charge on any atom is -0.508 e. The molecule has 1 aliphatic heterocycles. The molecule has 1 unspecified atom stereocenters. The van der Waals surface area contributed by atoms with Gasteiger partial charge in [0.1, 0.15) is 15.8 Å². The zero-order chi connectivity index (χ0) is 22.1. The molecule has 0 bridgehead atoms. The van der Waals surface area contributed by atoms with Gasteiger partial charge < -0.3 is 10.2 Å². The van der Waals surface area contributed by atoms with Gasteiger partial charge in [-0.3, -0.25) is 4.99 Å². The standard InChI is InChI=1S/C25H20N2O3S2/c28-18-11-12-19-20(13-18)31-22(26-19)23-27-21(24(29)30)25(32-23,14-16-7-3-1-4-8-16)15-17-9-5-2-6-10-17/h1-13,21,28H,14-15H2,(H,29,30). The monoisotopic (exact) mass is 460 g/mol. The van der Waals surface area contributed by atoms with Crippen molar-refractivity contribution < 1.29 is 15.0 Å². The largest absolute Gasteiger partial charge is 0.508 e. The van der Waals surface area contributed by atoms with Crippen LogP contribution in [0, 0.1) is 0 Å². The Morgan fingerprint density at radius 3 is 2.16 bits per heavy atom. The zero-order valence-corrected chi connectivity index (χ0v) is 18.6. The van der Waals surface area contributed by atoms with Crippen molar-refractivity contribution in [2.75, 3.05) is 0 Å². The molecule has 160 valence electrons. The van der Waals surface area contributed by atoms with Gasteiger partial charge in [0.25, 0.3) is 0 Å². The van der Waals surface area contributed by atoms with Crippen molar-refractivity contribution in [3.8, 4) is 5.75 Å². The molecule has 0 saturated carbocycles. The van der Waals surface area contributed by atoms with Crippen molar-refractivity contribution >= 4 is 44.3 Å². The molecule has 2 N–H and O–H groups in total. The number of phenols is 1. The summed E-state index contributed by atoms with van der Waals surface area (Å²) in [5.74, 6) is -0.752. The Balaban J connectivity index is 1.57. The van der Waals surface area contributed by atoms with E-state index in [1.165, 1.54) is 23.1 Å². The number of rotatable bonds is 6. The van der Waals surface area contributed by atoms with E-state index in [1.54, 1.807) is 18.2 Å². The van der Waals surface area contributed by atoms with Gasteiger partial charge in [-0.25, -0.2) is 9.78 Å². The van der Waals surface area contributed by atoms with E-state index in [1.807, 2.05) is 60.7 Å². The number of aliphatic imine (C=N–C) groups is 1. The summed E-state index contributed by atoms with van der Waals surface area (Å²) in [6, 6.07) is 24.1. The number of benzene rings is 3. The Bertz CT molecular complexity index is 1260. The van der Waals surface area contributed by atoms with Gasteiger partial charge in [-0.15, -0.1) is 11.3 Å². The lowest BCUT2D eigenvalue weighted by atomic mass is 9.85. The van der Waals surface area contributed by atoms with Gasteiger partial charge in [0.15, 0.2) is 6.04 Å². The summed E-state index contributed by atoms with van der Waals surface area (Å²) in [7, 11) is 0. The molecule has 5 rings (SSSR count). The molecule has 2 heterocycles. The Hall–Kier alpha value is -3.16. The van der Waals surface area contributed by atoms with Gasteiger partial charge in [-0.2, -0.15) is 0 Å². The number of carboxylic acids is 1. The van der Waals surface area contributed by atoms with Gasteiger partial charge >= 0.3 is 5.97 Å². The predicted molar refractivity (Wildman–Crippen MR) is 130 cm³/mol. The summed E-state index contributed by atoms with van der Waals surface area (Å²) in [6.45, 7) is 0. The Morgan fingerprint density at radius 2 is 1.56 bits per heavy atom. The summed E-state index contributed by atoms with van der Waals surface area (Å²) >= 11 is 2.93. The second kappa shape index (κ2) is 8.41. The molecule has 0 saturated heterocycles. The Kier molecular flexibility index (Phi) is 5.45. The van der Waals surface area contributed by atoms with Crippen LogP contribution >= 0.6 is 23.1 Å². The number of aromatic hydroxyl groups is 1. The fraction of sp³-hybridized carbons (Fsp3) is 0.160. The van der Waals surface area contributed by atoms with E-state index in [0.29, 0.717) is 22.9 Å². The lowest BCUT2D eigenvalue weighted by molar-refractivity contribution is -0.139. The number of fused-ring (bicyclic) bond motifs is 1. The molecule has 7 heteroatoms. The minimum atomic E-state index is -0.932. The van der Waals surface area contributed by atoms with Gasteiger partial charge in [-0.1, -0.05) is 72.4 Å². The predicted octanol–water partition coefficient (Wildman–Crippen LogP) is 5.17. The van der Waals surface area contributed by atoms with Gasteiger partial charge in [-0.05, 0) is 42.2 Å². The summed E-state index contributed by atoms with van der Waals surface area (Å²) in [5, 5.41) is 21.3. The van der Waals surface area contributed by atoms with Crippen molar-refractivity contribution in [1.82, 2.24) is 4.98 Å². The second-order valence-electron chi connectivity index (χ2n) is 7.84. The van der Waals surface area contributed by atoms with Crippen LogP contribution in [0.2, 0.25) is 0 Å². The maximum Gasteiger partial charge on any atom is 0.329 e. The molecule has 4 aromatic rings. The Labute approximate surface area is 193 Å². The molecule has 0 amide bonds. The summed E-state index contributed by atoms with van der Waals surface area (Å²) in [5.41, 5.74) is 2.92. The normalized spacial score (nSPS) is 17.4. The van der Waals surface area contributed by atoms with Crippen molar-refractivity contribution in [1.29, 1.82) is 0 Å². The van der Waals surface area contributed by atoms with Gasteiger partial charge in [0, 0.05) is 0 Å². The van der Waals surface area contributed by atoms with E-state index in [-0.39, 0.29) is 5.75 Å². The molecular formula is C25H20N2O3S2. The number of carboxylic acid groups (broad SMARTS) is 1. The zero-order valence-electron chi connectivity index (χ0n) is 17.0. The van der Waals surface area contributed by atoms with Crippen LogP contribution in [0.3, 0.4) is 0 Å². The number of nitrogens with zero attached hydrogens (tertiary/aromatic N) is 2. The smallest absolute Gasteiger partial charge is 0.329 e. The first-order valence-electron chi connectivity index (χ1n) is 10.2. The highest BCUT2D eigenvalue weighted by molar-refractivity contribution is 8.16. The van der Waals surface area contributed by atoms with Crippen molar-refractivity contribution in [3.63, 3.8) is 0 Å². The highest BCUT2D eigenvalue weighted by Crippen LogP contribution is 2.46. The molecule has 1 aliphatic rings. The molecule has 0 radical (unpaired) electrons. The van der Waals surface area contributed by atoms with E-state index in [0.717, 1.165) is 21.3 Å². The fourth-order valence-electron chi connectivity index (χ4n) is 4.10. The number of aromatic nitrogens is 1. The molecular weight excluding hydrogens is 440 g/mol. The van der Waals surface area contributed by atoms with Crippen LogP contribution in [0.1, 0.15) is 16.1 Å². The van der Waals surface area contributed by atoms with Crippen LogP contribution < -0.4 is 0 Å². The van der Waals surface area contributed by atoms with Crippen LogP contribution in [-0.2, 0) is 17.6 Å². The summed E-state index contributed by atoms with van der Waals surface area (Å²) in [6.07, 6.45) is 1.14. The van der Waals surface area contributed by atoms with Crippen LogP contribution in [-0.4, -0.2) is 37.0 Å². The van der Waals surface area contributed by atoms with Gasteiger partial charge in [0.05, 0.1) is 15.0 Å². The third kappa shape index (κ3) is 4.01. The van der Waals surface area contributed by atoms with Crippen LogP contribution in [0.4, 0.5) is 0 Å². The number of phenolic OH excluding ortho intramolecular Hbond substituents is 1. The van der Waals surface area contributed by atoms with Gasteiger partial charge in [0.2, 0.25) is 0 Å². The Morgan fingerprint density at radius 1 is 0.938 bits per heavy atom. The third-order valence-corrected chi connectivity index (χ3v) is 8.09. The number of carbonyl (C=O) groups is 1. The topological polar surface area (TPSA) is 82.8 Å². The van der Waals surface area contributed by atoms with Crippen LogP contribution in [0.25, 0.3) is 10.2 Å². The molecule has 0 aliphatic carbocycles. The van der Waals surface area contributed by atoms with E-state index in [9.17, 15) is 15.0 Å². The van der Waals surface area contributed by atoms with Crippen molar-refractivity contribution in [3.05, 3.63) is 95.0 Å². The number of thiazole rings is 1. The third-order valence-electron chi connectivity index (χ3n) is 5.53.